The number of carbonyl (C=O) groups excluding carboxylic acids is 1. The minimum absolute atomic E-state index is 0.0110. The Balaban J connectivity index is 1.30. The first-order chi connectivity index (χ1) is 20.5. The molecule has 0 N–H and O–H groups in total. The van der Waals surface area contributed by atoms with Crippen molar-refractivity contribution in [3.63, 3.8) is 0 Å². The van der Waals surface area contributed by atoms with Gasteiger partial charge in [0.1, 0.15) is 0 Å². The lowest BCUT2D eigenvalue weighted by molar-refractivity contribution is -0.246. The maximum absolute atomic E-state index is 13.5. The predicted octanol–water partition coefficient (Wildman–Crippen LogP) is 8.90. The second kappa shape index (κ2) is 10.4. The highest BCUT2D eigenvalue weighted by Crippen LogP contribution is 2.77. The van der Waals surface area contributed by atoms with Crippen LogP contribution in [-0.4, -0.2) is 27.6 Å². The van der Waals surface area contributed by atoms with Crippen molar-refractivity contribution >= 4 is 16.1 Å². The molecule has 10 atom stereocenters. The van der Waals surface area contributed by atoms with Crippen LogP contribution in [0.25, 0.3) is 0 Å². The van der Waals surface area contributed by atoms with E-state index in [0.29, 0.717) is 29.6 Å². The highest BCUT2D eigenvalue weighted by Gasteiger charge is 2.72. The molecule has 6 rings (SSSR count). The number of rotatable bonds is 5. The first-order valence-corrected chi connectivity index (χ1v) is 18.6. The standard InChI is InChI=1S/C38H56O5S/c1-24(2)27-16-21-38(33(39)42-9)23-22-36(7)28(32(27)38)14-15-30-35(6)19-18-31(34(4,5)29(35)17-20-37(30,36)8)43-44(40,41)26-12-10-25(3)11-13-26/h10-13,27-32H,1,14-23H2,2-9H3. The first-order valence-electron chi connectivity index (χ1n) is 17.2. The third-order valence-corrected chi connectivity index (χ3v) is 16.5. The van der Waals surface area contributed by atoms with E-state index >= 15 is 0 Å². The van der Waals surface area contributed by atoms with Gasteiger partial charge in [-0.3, -0.25) is 8.98 Å². The van der Waals surface area contributed by atoms with Crippen LogP contribution in [0.2, 0.25) is 0 Å². The van der Waals surface area contributed by atoms with Crippen molar-refractivity contribution in [1.82, 2.24) is 0 Å². The Hall–Kier alpha value is -1.66. The molecule has 1 aromatic carbocycles. The van der Waals surface area contributed by atoms with E-state index < -0.39 is 10.1 Å². The molecule has 5 fully saturated rings. The summed E-state index contributed by atoms with van der Waals surface area (Å²) in [6.45, 7) is 20.8. The van der Waals surface area contributed by atoms with Crippen LogP contribution in [0, 0.1) is 63.6 Å². The van der Waals surface area contributed by atoms with Gasteiger partial charge >= 0.3 is 5.97 Å². The van der Waals surface area contributed by atoms with Gasteiger partial charge in [-0.05, 0) is 141 Å². The van der Waals surface area contributed by atoms with E-state index in [2.05, 4.69) is 48.1 Å². The van der Waals surface area contributed by atoms with Gasteiger partial charge in [-0.1, -0.05) is 64.5 Å². The predicted molar refractivity (Wildman–Crippen MR) is 174 cm³/mol. The van der Waals surface area contributed by atoms with Crippen molar-refractivity contribution in [3.05, 3.63) is 42.0 Å². The van der Waals surface area contributed by atoms with Crippen molar-refractivity contribution in [2.24, 2.45) is 56.7 Å². The van der Waals surface area contributed by atoms with E-state index in [1.165, 1.54) is 12.0 Å². The fourth-order valence-electron chi connectivity index (χ4n) is 12.8. The van der Waals surface area contributed by atoms with Gasteiger partial charge in [-0.25, -0.2) is 0 Å². The number of hydrogen-bond acceptors (Lipinski definition) is 5. The molecule has 0 spiro atoms. The average Bonchev–Trinajstić information content (AvgIpc) is 3.36. The molecule has 10 unspecified atom stereocenters. The quantitative estimate of drug-likeness (QED) is 0.186. The van der Waals surface area contributed by atoms with Crippen LogP contribution in [0.3, 0.4) is 0 Å². The number of aryl methyl sites for hydroxylation is 1. The molecule has 5 nitrogen and oxygen atoms in total. The molecule has 0 saturated heterocycles. The second-order valence-electron chi connectivity index (χ2n) is 17.0. The van der Waals surface area contributed by atoms with Gasteiger partial charge in [-0.15, -0.1) is 0 Å². The lowest BCUT2D eigenvalue weighted by Gasteiger charge is -2.72. The molecule has 244 valence electrons. The molecule has 0 aromatic heterocycles. The van der Waals surface area contributed by atoms with Gasteiger partial charge in [-0.2, -0.15) is 8.42 Å². The molecular formula is C38H56O5S. The van der Waals surface area contributed by atoms with Crippen molar-refractivity contribution in [2.75, 3.05) is 7.11 Å². The summed E-state index contributed by atoms with van der Waals surface area (Å²) in [6.07, 6.45) is 9.90. The van der Waals surface area contributed by atoms with E-state index in [1.807, 2.05) is 19.1 Å². The summed E-state index contributed by atoms with van der Waals surface area (Å²) in [5, 5.41) is 0. The van der Waals surface area contributed by atoms with Crippen LogP contribution in [0.4, 0.5) is 0 Å². The molecule has 5 aliphatic carbocycles. The van der Waals surface area contributed by atoms with Gasteiger partial charge in [0, 0.05) is 0 Å². The maximum Gasteiger partial charge on any atom is 0.312 e. The van der Waals surface area contributed by atoms with Gasteiger partial charge < -0.3 is 4.74 Å². The van der Waals surface area contributed by atoms with E-state index in [-0.39, 0.29) is 44.0 Å². The number of allylic oxidation sites excluding steroid dienone is 1. The molecule has 0 aliphatic heterocycles. The summed E-state index contributed by atoms with van der Waals surface area (Å²) in [5.41, 5.74) is 2.02. The van der Waals surface area contributed by atoms with Crippen molar-refractivity contribution in [1.29, 1.82) is 0 Å². The van der Waals surface area contributed by atoms with Crippen molar-refractivity contribution < 1.29 is 22.1 Å². The number of benzene rings is 1. The number of ether oxygens (including phenoxy) is 1. The molecular weight excluding hydrogens is 568 g/mol. The Bertz CT molecular complexity index is 1430. The van der Waals surface area contributed by atoms with Gasteiger partial charge in [0.2, 0.25) is 0 Å². The molecule has 0 bridgehead atoms. The molecule has 44 heavy (non-hydrogen) atoms. The van der Waals surface area contributed by atoms with Crippen LogP contribution in [-0.2, 0) is 23.8 Å². The molecule has 0 radical (unpaired) electrons. The summed E-state index contributed by atoms with van der Waals surface area (Å²) in [5.74, 6) is 2.12. The second-order valence-corrected chi connectivity index (χ2v) is 18.6. The largest absolute Gasteiger partial charge is 0.469 e. The molecule has 5 saturated carbocycles. The van der Waals surface area contributed by atoms with Crippen LogP contribution < -0.4 is 0 Å². The number of hydrogen-bond donors (Lipinski definition) is 0. The Morgan fingerprint density at radius 2 is 1.52 bits per heavy atom. The summed E-state index contributed by atoms with van der Waals surface area (Å²) < 4.78 is 38.5. The fraction of sp³-hybridized carbons (Fsp3) is 0.763. The Morgan fingerprint density at radius 1 is 0.841 bits per heavy atom. The molecule has 6 heteroatoms. The van der Waals surface area contributed by atoms with E-state index in [9.17, 15) is 13.2 Å². The van der Waals surface area contributed by atoms with E-state index in [0.717, 1.165) is 63.4 Å². The lowest BCUT2D eigenvalue weighted by Crippen LogP contribution is -2.67. The number of methoxy groups -OCH3 is 1. The summed E-state index contributed by atoms with van der Waals surface area (Å²) in [6, 6.07) is 7.00. The highest BCUT2D eigenvalue weighted by atomic mass is 32.2. The first kappa shape index (κ1) is 32.3. The maximum atomic E-state index is 13.5. The zero-order valence-corrected chi connectivity index (χ0v) is 29.3. The number of esters is 1. The van der Waals surface area contributed by atoms with Gasteiger partial charge in [0.05, 0.1) is 23.5 Å². The highest BCUT2D eigenvalue weighted by molar-refractivity contribution is 7.86. The monoisotopic (exact) mass is 624 g/mol. The molecule has 5 aliphatic rings. The third-order valence-electron chi connectivity index (χ3n) is 15.2. The third kappa shape index (κ3) is 4.31. The van der Waals surface area contributed by atoms with Crippen LogP contribution in [0.15, 0.2) is 41.3 Å². The van der Waals surface area contributed by atoms with Crippen molar-refractivity contribution in [3.8, 4) is 0 Å². The van der Waals surface area contributed by atoms with Crippen LogP contribution >= 0.6 is 0 Å². The zero-order chi connectivity index (χ0) is 32.1. The number of fused-ring (bicyclic) bond motifs is 7. The van der Waals surface area contributed by atoms with E-state index in [1.54, 1.807) is 19.2 Å². The smallest absolute Gasteiger partial charge is 0.312 e. The summed E-state index contributed by atoms with van der Waals surface area (Å²) in [7, 11) is -2.27. The minimum atomic E-state index is -3.85. The topological polar surface area (TPSA) is 69.7 Å². The van der Waals surface area contributed by atoms with Gasteiger partial charge in [0.25, 0.3) is 10.1 Å². The van der Waals surface area contributed by atoms with E-state index in [4.69, 9.17) is 8.92 Å². The minimum Gasteiger partial charge on any atom is -0.469 e. The van der Waals surface area contributed by atoms with Gasteiger partial charge in [0.15, 0.2) is 0 Å². The fourth-order valence-corrected chi connectivity index (χ4v) is 14.0. The normalized spacial score (nSPS) is 44.5. The SMILES string of the molecule is C=C(C)C1CCC2(C(=O)OC)CCC3(C)C(CCC4C5(C)CCC(OS(=O)(=O)c6ccc(C)cc6)C(C)(C)C5CCC43C)C12. The summed E-state index contributed by atoms with van der Waals surface area (Å²) >= 11 is 0. The van der Waals surface area contributed by atoms with Crippen LogP contribution in [0.5, 0.6) is 0 Å². The Kier molecular flexibility index (Phi) is 7.65. The lowest BCUT2D eigenvalue weighted by atomic mass is 9.32. The molecule has 0 amide bonds. The zero-order valence-electron chi connectivity index (χ0n) is 28.5. The summed E-state index contributed by atoms with van der Waals surface area (Å²) in [4.78, 5) is 13.8. The molecule has 1 aromatic rings. The molecule has 0 heterocycles. The Labute approximate surface area is 267 Å². The Morgan fingerprint density at radius 3 is 2.16 bits per heavy atom. The van der Waals surface area contributed by atoms with Crippen LogP contribution in [0.1, 0.15) is 111 Å². The average molecular weight is 625 g/mol. The number of carbonyl (C=O) groups is 1. The van der Waals surface area contributed by atoms with Crippen molar-refractivity contribution in [2.45, 2.75) is 124 Å².